The molecule has 0 aliphatic carbocycles. The number of oxazole rings is 1. The molecule has 6 nitrogen and oxygen atoms in total. The van der Waals surface area contributed by atoms with Crippen molar-refractivity contribution >= 4 is 11.9 Å². The number of ether oxygens (including phenoxy) is 1. The van der Waals surface area contributed by atoms with Crippen LogP contribution in [0, 0.1) is 13.8 Å². The van der Waals surface area contributed by atoms with Gasteiger partial charge in [0.05, 0.1) is 12.3 Å². The van der Waals surface area contributed by atoms with Crippen molar-refractivity contribution in [3.05, 3.63) is 17.3 Å². The van der Waals surface area contributed by atoms with Crippen LogP contribution in [0.25, 0.3) is 0 Å². The number of aryl methyl sites for hydroxylation is 2. The lowest BCUT2D eigenvalue weighted by Crippen LogP contribution is -2.41. The zero-order valence-electron chi connectivity index (χ0n) is 11.4. The largest absolute Gasteiger partial charge is 0.464 e. The van der Waals surface area contributed by atoms with E-state index in [0.29, 0.717) is 31.2 Å². The maximum Gasteiger partial charge on any atom is 0.328 e. The molecule has 0 aromatic carbocycles. The average Bonchev–Trinajstić information content (AvgIpc) is 2.95. The summed E-state index contributed by atoms with van der Waals surface area (Å²) in [5, 5.41) is 0. The molecule has 1 aromatic rings. The molecule has 1 unspecified atom stereocenters. The molecule has 1 aliphatic heterocycles. The number of aromatic nitrogens is 1. The van der Waals surface area contributed by atoms with Gasteiger partial charge in [0.25, 0.3) is 5.91 Å². The van der Waals surface area contributed by atoms with Gasteiger partial charge in [-0.2, -0.15) is 0 Å². The number of amides is 1. The molecule has 104 valence electrons. The highest BCUT2D eigenvalue weighted by Gasteiger charge is 2.37. The summed E-state index contributed by atoms with van der Waals surface area (Å²) in [6.07, 6.45) is 1.43. The lowest BCUT2D eigenvalue weighted by Gasteiger charge is -2.22. The zero-order valence-corrected chi connectivity index (χ0v) is 11.4. The van der Waals surface area contributed by atoms with Crippen molar-refractivity contribution in [3.8, 4) is 0 Å². The molecule has 0 radical (unpaired) electrons. The van der Waals surface area contributed by atoms with Gasteiger partial charge >= 0.3 is 5.97 Å². The molecule has 2 heterocycles. The Balaban J connectivity index is 2.18. The Bertz CT molecular complexity index is 495. The maximum absolute atomic E-state index is 12.4. The molecule has 19 heavy (non-hydrogen) atoms. The fraction of sp³-hybridized carbons (Fsp3) is 0.615. The van der Waals surface area contributed by atoms with Crippen molar-refractivity contribution in [1.82, 2.24) is 9.88 Å². The first-order valence-electron chi connectivity index (χ1n) is 6.46. The zero-order chi connectivity index (χ0) is 14.0. The van der Waals surface area contributed by atoms with Crippen LogP contribution in [0.2, 0.25) is 0 Å². The van der Waals surface area contributed by atoms with Crippen LogP contribution in [0.3, 0.4) is 0 Å². The molecule has 2 rings (SSSR count). The average molecular weight is 266 g/mol. The van der Waals surface area contributed by atoms with E-state index in [2.05, 4.69) is 4.98 Å². The summed E-state index contributed by atoms with van der Waals surface area (Å²) >= 11 is 0. The quantitative estimate of drug-likeness (QED) is 0.774. The van der Waals surface area contributed by atoms with E-state index < -0.39 is 6.04 Å². The summed E-state index contributed by atoms with van der Waals surface area (Å²) in [4.78, 5) is 29.8. The highest BCUT2D eigenvalue weighted by atomic mass is 16.5. The van der Waals surface area contributed by atoms with E-state index in [-0.39, 0.29) is 17.6 Å². The Kier molecular flexibility index (Phi) is 3.87. The molecule has 6 heteroatoms. The number of hydrogen-bond acceptors (Lipinski definition) is 5. The van der Waals surface area contributed by atoms with Gasteiger partial charge in [-0.05, 0) is 26.7 Å². The molecule has 1 aromatic heterocycles. The monoisotopic (exact) mass is 266 g/mol. The van der Waals surface area contributed by atoms with E-state index in [1.165, 1.54) is 4.90 Å². The molecule has 0 bridgehead atoms. The fourth-order valence-corrected chi connectivity index (χ4v) is 2.35. The van der Waals surface area contributed by atoms with Gasteiger partial charge in [-0.25, -0.2) is 9.78 Å². The summed E-state index contributed by atoms with van der Waals surface area (Å²) in [6.45, 7) is 6.03. The second-order valence-electron chi connectivity index (χ2n) is 4.56. The van der Waals surface area contributed by atoms with Crippen LogP contribution in [0.15, 0.2) is 4.42 Å². The van der Waals surface area contributed by atoms with Crippen LogP contribution in [-0.2, 0) is 9.53 Å². The predicted molar refractivity (Wildman–Crippen MR) is 66.7 cm³/mol. The highest BCUT2D eigenvalue weighted by Crippen LogP contribution is 2.22. The molecular weight excluding hydrogens is 248 g/mol. The lowest BCUT2D eigenvalue weighted by atomic mass is 10.2. The van der Waals surface area contributed by atoms with Crippen molar-refractivity contribution in [3.63, 3.8) is 0 Å². The van der Waals surface area contributed by atoms with E-state index in [1.807, 2.05) is 0 Å². The first kappa shape index (κ1) is 13.6. The van der Waals surface area contributed by atoms with Crippen LogP contribution < -0.4 is 0 Å². The standard InChI is InChI=1S/C13H18N2O4/c1-4-18-13(17)10-6-5-7-15(10)12(16)11-8(2)14-9(3)19-11/h10H,4-7H2,1-3H3. The summed E-state index contributed by atoms with van der Waals surface area (Å²) in [5.41, 5.74) is 0.553. The van der Waals surface area contributed by atoms with E-state index in [4.69, 9.17) is 9.15 Å². The van der Waals surface area contributed by atoms with E-state index in [1.54, 1.807) is 20.8 Å². The second kappa shape index (κ2) is 5.42. The normalized spacial score (nSPS) is 18.7. The predicted octanol–water partition coefficient (Wildman–Crippen LogP) is 1.46. The van der Waals surface area contributed by atoms with Crippen LogP contribution in [0.4, 0.5) is 0 Å². The minimum Gasteiger partial charge on any atom is -0.464 e. The number of likely N-dealkylation sites (tertiary alicyclic amines) is 1. The number of hydrogen-bond donors (Lipinski definition) is 0. The minimum absolute atomic E-state index is 0.216. The van der Waals surface area contributed by atoms with Crippen LogP contribution in [0.1, 0.15) is 41.9 Å². The molecular formula is C13H18N2O4. The van der Waals surface area contributed by atoms with E-state index in [0.717, 1.165) is 6.42 Å². The molecule has 0 saturated carbocycles. The molecule has 0 spiro atoms. The van der Waals surface area contributed by atoms with E-state index in [9.17, 15) is 9.59 Å². The summed E-state index contributed by atoms with van der Waals surface area (Å²) < 4.78 is 10.3. The Morgan fingerprint density at radius 1 is 1.47 bits per heavy atom. The Labute approximate surface area is 111 Å². The van der Waals surface area contributed by atoms with Gasteiger partial charge in [0.2, 0.25) is 5.76 Å². The van der Waals surface area contributed by atoms with Gasteiger partial charge in [0.15, 0.2) is 5.89 Å². The molecule has 1 saturated heterocycles. The first-order chi connectivity index (χ1) is 9.04. The molecule has 1 aliphatic rings. The maximum atomic E-state index is 12.4. The lowest BCUT2D eigenvalue weighted by molar-refractivity contribution is -0.147. The summed E-state index contributed by atoms with van der Waals surface area (Å²) in [7, 11) is 0. The SMILES string of the molecule is CCOC(=O)C1CCCN1C(=O)c1oc(C)nc1C. The summed E-state index contributed by atoms with van der Waals surface area (Å²) in [5.74, 6) is 0.0392. The van der Waals surface area contributed by atoms with Crippen molar-refractivity contribution in [2.45, 2.75) is 39.7 Å². The number of rotatable bonds is 3. The third kappa shape index (κ3) is 2.62. The van der Waals surface area contributed by atoms with Crippen molar-refractivity contribution < 1.29 is 18.7 Å². The van der Waals surface area contributed by atoms with Gasteiger partial charge < -0.3 is 14.1 Å². The Morgan fingerprint density at radius 2 is 2.21 bits per heavy atom. The molecule has 0 N–H and O–H groups in total. The number of nitrogens with zero attached hydrogens (tertiary/aromatic N) is 2. The second-order valence-corrected chi connectivity index (χ2v) is 4.56. The smallest absolute Gasteiger partial charge is 0.328 e. The Hall–Kier alpha value is -1.85. The fourth-order valence-electron chi connectivity index (χ4n) is 2.35. The van der Waals surface area contributed by atoms with Crippen LogP contribution >= 0.6 is 0 Å². The van der Waals surface area contributed by atoms with Crippen molar-refractivity contribution in [2.24, 2.45) is 0 Å². The van der Waals surface area contributed by atoms with Crippen molar-refractivity contribution in [1.29, 1.82) is 0 Å². The number of esters is 1. The van der Waals surface area contributed by atoms with Gasteiger partial charge in [0.1, 0.15) is 6.04 Å². The number of carbonyl (C=O) groups excluding carboxylic acids is 2. The molecule has 1 amide bonds. The van der Waals surface area contributed by atoms with Gasteiger partial charge in [0, 0.05) is 13.5 Å². The topological polar surface area (TPSA) is 72.6 Å². The Morgan fingerprint density at radius 3 is 2.79 bits per heavy atom. The third-order valence-corrected chi connectivity index (χ3v) is 3.17. The van der Waals surface area contributed by atoms with Gasteiger partial charge in [-0.15, -0.1) is 0 Å². The highest BCUT2D eigenvalue weighted by molar-refractivity contribution is 5.95. The van der Waals surface area contributed by atoms with Gasteiger partial charge in [-0.1, -0.05) is 0 Å². The van der Waals surface area contributed by atoms with Crippen molar-refractivity contribution in [2.75, 3.05) is 13.2 Å². The minimum atomic E-state index is -0.503. The number of carbonyl (C=O) groups is 2. The molecule has 1 fully saturated rings. The third-order valence-electron chi connectivity index (χ3n) is 3.17. The van der Waals surface area contributed by atoms with Crippen LogP contribution in [0.5, 0.6) is 0 Å². The van der Waals surface area contributed by atoms with Crippen LogP contribution in [-0.4, -0.2) is 41.0 Å². The summed E-state index contributed by atoms with van der Waals surface area (Å²) in [6, 6.07) is -0.503. The molecule has 1 atom stereocenters. The van der Waals surface area contributed by atoms with Gasteiger partial charge in [-0.3, -0.25) is 4.79 Å². The van der Waals surface area contributed by atoms with E-state index >= 15 is 0 Å². The first-order valence-corrected chi connectivity index (χ1v) is 6.46.